The third-order valence-corrected chi connectivity index (χ3v) is 2.67. The number of hydrogen-bond donors (Lipinski definition) is 2. The quantitative estimate of drug-likeness (QED) is 0.518. The van der Waals surface area contributed by atoms with E-state index < -0.39 is 17.5 Å². The molecule has 21 heavy (non-hydrogen) atoms. The van der Waals surface area contributed by atoms with Gasteiger partial charge in [-0.3, -0.25) is 5.43 Å². The molecule has 2 aromatic carbocycles. The van der Waals surface area contributed by atoms with Gasteiger partial charge in [-0.2, -0.15) is 5.10 Å². The lowest BCUT2D eigenvalue weighted by Crippen LogP contribution is -2.24. The van der Waals surface area contributed by atoms with Gasteiger partial charge in [-0.05, 0) is 36.5 Å². The van der Waals surface area contributed by atoms with Crippen molar-refractivity contribution in [3.05, 3.63) is 65.5 Å². The van der Waals surface area contributed by atoms with Crippen LogP contribution < -0.4 is 10.7 Å². The van der Waals surface area contributed by atoms with Gasteiger partial charge in [0.1, 0.15) is 17.5 Å². The van der Waals surface area contributed by atoms with Crippen molar-refractivity contribution in [1.29, 1.82) is 0 Å². The van der Waals surface area contributed by atoms with Gasteiger partial charge in [0.15, 0.2) is 5.11 Å². The molecule has 0 aromatic heterocycles. The van der Waals surface area contributed by atoms with Crippen molar-refractivity contribution in [2.45, 2.75) is 0 Å². The lowest BCUT2D eigenvalue weighted by Gasteiger charge is -2.07. The zero-order valence-electron chi connectivity index (χ0n) is 10.6. The van der Waals surface area contributed by atoms with Crippen LogP contribution in [0.2, 0.25) is 0 Å². The van der Waals surface area contributed by atoms with Gasteiger partial charge in [-0.1, -0.05) is 18.2 Å². The number of hydrogen-bond acceptors (Lipinski definition) is 2. The molecule has 0 amide bonds. The van der Waals surface area contributed by atoms with E-state index in [0.29, 0.717) is 0 Å². The number of benzene rings is 2. The summed E-state index contributed by atoms with van der Waals surface area (Å²) in [6, 6.07) is 9.40. The molecule has 2 rings (SSSR count). The van der Waals surface area contributed by atoms with E-state index in [2.05, 4.69) is 15.8 Å². The number of halogens is 3. The van der Waals surface area contributed by atoms with Gasteiger partial charge in [0.2, 0.25) is 0 Å². The average molecular weight is 309 g/mol. The average Bonchev–Trinajstić information content (AvgIpc) is 2.45. The molecule has 0 aliphatic carbocycles. The van der Waals surface area contributed by atoms with Crippen molar-refractivity contribution >= 4 is 29.2 Å². The first-order valence-corrected chi connectivity index (χ1v) is 6.27. The fraction of sp³-hybridized carbons (Fsp3) is 0. The third-order valence-electron chi connectivity index (χ3n) is 2.48. The number of anilines is 1. The number of hydrazone groups is 1. The largest absolute Gasteiger partial charge is 0.329 e. The lowest BCUT2D eigenvalue weighted by atomic mass is 10.2. The van der Waals surface area contributed by atoms with Gasteiger partial charge in [0, 0.05) is 0 Å². The van der Waals surface area contributed by atoms with E-state index >= 15 is 0 Å². The first-order chi connectivity index (χ1) is 10.1. The molecule has 0 heterocycles. The summed E-state index contributed by atoms with van der Waals surface area (Å²) in [5, 5.41) is 6.17. The van der Waals surface area contributed by atoms with Crippen LogP contribution in [0.3, 0.4) is 0 Å². The Bertz CT molecular complexity index is 669. The molecule has 0 fully saturated rings. The Morgan fingerprint density at radius 2 is 1.57 bits per heavy atom. The summed E-state index contributed by atoms with van der Waals surface area (Å²) in [5.41, 5.74) is 2.23. The SMILES string of the molecule is Fc1ccccc1NC(=S)N/N=C\c1c(F)cccc1F. The number of thiocarbonyl (C=S) groups is 1. The first kappa shape index (κ1) is 15.0. The molecular weight excluding hydrogens is 299 g/mol. The summed E-state index contributed by atoms with van der Waals surface area (Å²) in [4.78, 5) is 0. The summed E-state index contributed by atoms with van der Waals surface area (Å²) in [5.74, 6) is -1.96. The molecule has 0 saturated heterocycles. The van der Waals surface area contributed by atoms with Crippen LogP contribution in [0.15, 0.2) is 47.6 Å². The van der Waals surface area contributed by atoms with Crippen LogP contribution in [-0.2, 0) is 0 Å². The molecule has 2 N–H and O–H groups in total. The fourth-order valence-electron chi connectivity index (χ4n) is 1.50. The summed E-state index contributed by atoms with van der Waals surface area (Å²) in [6.07, 6.45) is 0.958. The summed E-state index contributed by atoms with van der Waals surface area (Å²) in [7, 11) is 0. The number of rotatable bonds is 3. The molecule has 0 aliphatic heterocycles. The second kappa shape index (κ2) is 6.85. The molecule has 0 atom stereocenters. The predicted molar refractivity (Wildman–Crippen MR) is 79.7 cm³/mol. The molecule has 3 nitrogen and oxygen atoms in total. The standard InChI is InChI=1S/C14H10F3N3S/c15-10-5-3-6-11(16)9(10)8-18-20-14(21)19-13-7-2-1-4-12(13)17/h1-8H,(H2,19,20,21)/b18-8-. The van der Waals surface area contributed by atoms with Gasteiger partial charge in [-0.15, -0.1) is 0 Å². The molecule has 108 valence electrons. The highest BCUT2D eigenvalue weighted by molar-refractivity contribution is 7.80. The Hall–Kier alpha value is -2.41. The summed E-state index contributed by atoms with van der Waals surface area (Å²) in [6.45, 7) is 0. The lowest BCUT2D eigenvalue weighted by molar-refractivity contribution is 0.580. The first-order valence-electron chi connectivity index (χ1n) is 5.86. The minimum absolute atomic E-state index is 0.00639. The molecule has 0 saturated carbocycles. The molecule has 7 heteroatoms. The molecule has 0 radical (unpaired) electrons. The predicted octanol–water partition coefficient (Wildman–Crippen LogP) is 3.42. The highest BCUT2D eigenvalue weighted by Crippen LogP contribution is 2.12. The Morgan fingerprint density at radius 3 is 2.24 bits per heavy atom. The van der Waals surface area contributed by atoms with Gasteiger partial charge >= 0.3 is 0 Å². The topological polar surface area (TPSA) is 36.4 Å². The van der Waals surface area contributed by atoms with Crippen LogP contribution in [0, 0.1) is 17.5 Å². The maximum absolute atomic E-state index is 13.4. The summed E-state index contributed by atoms with van der Waals surface area (Å²) >= 11 is 4.89. The second-order valence-corrected chi connectivity index (χ2v) is 4.35. The number of nitrogens with zero attached hydrogens (tertiary/aromatic N) is 1. The molecular formula is C14H10F3N3S. The van der Waals surface area contributed by atoms with E-state index in [9.17, 15) is 13.2 Å². The highest BCUT2D eigenvalue weighted by atomic mass is 32.1. The minimum atomic E-state index is -0.742. The van der Waals surface area contributed by atoms with Gasteiger partial charge < -0.3 is 5.32 Å². The Balaban J connectivity index is 1.98. The van der Waals surface area contributed by atoms with Crippen LogP contribution in [0.4, 0.5) is 18.9 Å². The normalized spacial score (nSPS) is 10.6. The zero-order valence-corrected chi connectivity index (χ0v) is 11.4. The Morgan fingerprint density at radius 1 is 0.952 bits per heavy atom. The van der Waals surface area contributed by atoms with E-state index in [0.717, 1.165) is 18.3 Å². The van der Waals surface area contributed by atoms with Crippen molar-refractivity contribution in [2.75, 3.05) is 5.32 Å². The van der Waals surface area contributed by atoms with Crippen LogP contribution in [0.1, 0.15) is 5.56 Å². The van der Waals surface area contributed by atoms with Crippen molar-refractivity contribution in [3.63, 3.8) is 0 Å². The van der Waals surface area contributed by atoms with Crippen LogP contribution in [-0.4, -0.2) is 11.3 Å². The highest BCUT2D eigenvalue weighted by Gasteiger charge is 2.05. The minimum Gasteiger partial charge on any atom is -0.329 e. The van der Waals surface area contributed by atoms with Crippen molar-refractivity contribution < 1.29 is 13.2 Å². The van der Waals surface area contributed by atoms with Gasteiger partial charge in [-0.25, -0.2) is 13.2 Å². The molecule has 0 spiro atoms. The molecule has 2 aromatic rings. The van der Waals surface area contributed by atoms with Crippen molar-refractivity contribution in [2.24, 2.45) is 5.10 Å². The number of para-hydroxylation sites is 1. The fourth-order valence-corrected chi connectivity index (χ4v) is 1.67. The van der Waals surface area contributed by atoms with E-state index in [-0.39, 0.29) is 16.4 Å². The van der Waals surface area contributed by atoms with Crippen LogP contribution in [0.5, 0.6) is 0 Å². The monoisotopic (exact) mass is 309 g/mol. The van der Waals surface area contributed by atoms with Crippen molar-refractivity contribution in [3.8, 4) is 0 Å². The van der Waals surface area contributed by atoms with Crippen molar-refractivity contribution in [1.82, 2.24) is 5.43 Å². The maximum Gasteiger partial charge on any atom is 0.191 e. The van der Waals surface area contributed by atoms with E-state index in [1.54, 1.807) is 6.07 Å². The third kappa shape index (κ3) is 4.03. The maximum atomic E-state index is 13.4. The molecule has 0 aliphatic rings. The van der Waals surface area contributed by atoms with E-state index in [1.165, 1.54) is 24.3 Å². The van der Waals surface area contributed by atoms with Gasteiger partial charge in [0.05, 0.1) is 17.5 Å². The smallest absolute Gasteiger partial charge is 0.191 e. The van der Waals surface area contributed by atoms with E-state index in [1.807, 2.05) is 0 Å². The van der Waals surface area contributed by atoms with E-state index in [4.69, 9.17) is 12.2 Å². The Kier molecular flexibility index (Phi) is 4.89. The molecule has 0 bridgehead atoms. The van der Waals surface area contributed by atoms with Gasteiger partial charge in [0.25, 0.3) is 0 Å². The summed E-state index contributed by atoms with van der Waals surface area (Å²) < 4.78 is 40.0. The van der Waals surface area contributed by atoms with Crippen LogP contribution >= 0.6 is 12.2 Å². The Labute approximate surface area is 124 Å². The second-order valence-electron chi connectivity index (χ2n) is 3.94. The zero-order chi connectivity index (χ0) is 15.2. The molecule has 0 unspecified atom stereocenters. The number of nitrogens with one attached hydrogen (secondary N) is 2. The van der Waals surface area contributed by atoms with Crippen LogP contribution in [0.25, 0.3) is 0 Å².